The number of aldehydes is 1. The molecule has 0 N–H and O–H groups in total. The first kappa shape index (κ1) is 24.7. The van der Waals surface area contributed by atoms with Gasteiger partial charge in [-0.15, -0.1) is 0 Å². The fourth-order valence-electron chi connectivity index (χ4n) is 2.52. The highest BCUT2D eigenvalue weighted by molar-refractivity contribution is 5.49. The maximum Gasteiger partial charge on any atom is 0.246 e. The standard InChI is InChI=1S/C20H32N2O5/c1-2-3-4-5-6-8-11-14-19(21(24)25)16-17-20(22(26)27)15-12-9-7-10-13-18-23/h9,12,14,17-18H,2-8,10-11,13,15-16H2,1H3/b12-9+,19-14-,20-17-. The number of allylic oxidation sites excluding steroid dienone is 4. The van der Waals surface area contributed by atoms with Crippen molar-refractivity contribution in [3.05, 3.63) is 55.9 Å². The lowest BCUT2D eigenvalue weighted by Crippen LogP contribution is -2.01. The van der Waals surface area contributed by atoms with Crippen molar-refractivity contribution < 1.29 is 14.6 Å². The van der Waals surface area contributed by atoms with Crippen LogP contribution in [0.3, 0.4) is 0 Å². The minimum Gasteiger partial charge on any atom is -0.303 e. The van der Waals surface area contributed by atoms with Crippen LogP contribution in [0, 0.1) is 20.2 Å². The van der Waals surface area contributed by atoms with Crippen molar-refractivity contribution in [1.82, 2.24) is 0 Å². The Morgan fingerprint density at radius 2 is 1.37 bits per heavy atom. The number of nitro groups is 2. The maximum atomic E-state index is 11.1. The molecule has 0 heterocycles. The average Bonchev–Trinajstić information content (AvgIpc) is 2.63. The Kier molecular flexibility index (Phi) is 15.7. The summed E-state index contributed by atoms with van der Waals surface area (Å²) in [5, 5.41) is 22.2. The first-order valence-corrected chi connectivity index (χ1v) is 9.78. The van der Waals surface area contributed by atoms with Crippen molar-refractivity contribution in [2.75, 3.05) is 0 Å². The van der Waals surface area contributed by atoms with E-state index in [0.717, 1.165) is 25.5 Å². The molecule has 0 unspecified atom stereocenters. The molecule has 0 aliphatic rings. The second-order valence-electron chi connectivity index (χ2n) is 6.44. The lowest BCUT2D eigenvalue weighted by atomic mass is 10.1. The Labute approximate surface area is 161 Å². The third-order valence-corrected chi connectivity index (χ3v) is 4.14. The zero-order valence-corrected chi connectivity index (χ0v) is 16.3. The fraction of sp³-hybridized carbons (Fsp3) is 0.650. The second-order valence-corrected chi connectivity index (χ2v) is 6.44. The zero-order chi connectivity index (χ0) is 20.3. The van der Waals surface area contributed by atoms with Gasteiger partial charge in [0.05, 0.1) is 22.7 Å². The van der Waals surface area contributed by atoms with Crippen LogP contribution in [0.15, 0.2) is 35.7 Å². The highest BCUT2D eigenvalue weighted by atomic mass is 16.6. The molecule has 7 nitrogen and oxygen atoms in total. The van der Waals surface area contributed by atoms with Gasteiger partial charge in [-0.2, -0.15) is 0 Å². The summed E-state index contributed by atoms with van der Waals surface area (Å²) in [5.74, 6) is 0. The number of unbranched alkanes of at least 4 members (excludes halogenated alkanes) is 8. The Bertz CT molecular complexity index is 538. The lowest BCUT2D eigenvalue weighted by molar-refractivity contribution is -0.431. The molecule has 0 aliphatic heterocycles. The van der Waals surface area contributed by atoms with Crippen molar-refractivity contribution in [2.45, 2.75) is 84.0 Å². The molecule has 0 rings (SSSR count). The lowest BCUT2D eigenvalue weighted by Gasteiger charge is -1.99. The molecule has 0 bridgehead atoms. The summed E-state index contributed by atoms with van der Waals surface area (Å²) in [6.45, 7) is 2.16. The summed E-state index contributed by atoms with van der Waals surface area (Å²) in [7, 11) is 0. The van der Waals surface area contributed by atoms with Gasteiger partial charge in [0, 0.05) is 6.42 Å². The number of nitrogens with zero attached hydrogens (tertiary/aromatic N) is 2. The van der Waals surface area contributed by atoms with E-state index in [2.05, 4.69) is 6.92 Å². The first-order valence-electron chi connectivity index (χ1n) is 9.78. The van der Waals surface area contributed by atoms with E-state index in [-0.39, 0.29) is 24.2 Å². The van der Waals surface area contributed by atoms with Gasteiger partial charge in [-0.3, -0.25) is 20.2 Å². The van der Waals surface area contributed by atoms with Crippen LogP contribution in [0.2, 0.25) is 0 Å². The van der Waals surface area contributed by atoms with E-state index in [4.69, 9.17) is 0 Å². The number of rotatable bonds is 17. The SMILES string of the molecule is CCCCCCCC/C=C(/C/C=C(/C/C=C/CCCC=O)[N+](=O)[O-])[N+](=O)[O-]. The van der Waals surface area contributed by atoms with Crippen LogP contribution in [0.25, 0.3) is 0 Å². The zero-order valence-electron chi connectivity index (χ0n) is 16.3. The molecule has 0 aromatic carbocycles. The summed E-state index contributed by atoms with van der Waals surface area (Å²) in [6, 6.07) is 0. The van der Waals surface area contributed by atoms with Crippen LogP contribution in [-0.4, -0.2) is 16.1 Å². The third kappa shape index (κ3) is 14.5. The average molecular weight is 380 g/mol. The number of carbonyl (C=O) groups is 1. The van der Waals surface area contributed by atoms with Gasteiger partial charge in [0.1, 0.15) is 6.29 Å². The van der Waals surface area contributed by atoms with Crippen molar-refractivity contribution in [3.63, 3.8) is 0 Å². The summed E-state index contributed by atoms with van der Waals surface area (Å²) in [4.78, 5) is 31.5. The van der Waals surface area contributed by atoms with Crippen molar-refractivity contribution in [2.24, 2.45) is 0 Å². The Morgan fingerprint density at radius 3 is 2.00 bits per heavy atom. The smallest absolute Gasteiger partial charge is 0.246 e. The number of hydrogen-bond donors (Lipinski definition) is 0. The van der Waals surface area contributed by atoms with Gasteiger partial charge in [-0.05, 0) is 37.8 Å². The maximum absolute atomic E-state index is 11.1. The fourth-order valence-corrected chi connectivity index (χ4v) is 2.52. The van der Waals surface area contributed by atoms with E-state index in [0.29, 0.717) is 25.7 Å². The van der Waals surface area contributed by atoms with E-state index in [1.807, 2.05) is 0 Å². The molecule has 0 fully saturated rings. The molecule has 0 spiro atoms. The van der Waals surface area contributed by atoms with Crippen molar-refractivity contribution in [3.8, 4) is 0 Å². The van der Waals surface area contributed by atoms with Gasteiger partial charge in [-0.25, -0.2) is 0 Å². The van der Waals surface area contributed by atoms with E-state index in [1.165, 1.54) is 25.3 Å². The van der Waals surface area contributed by atoms with Gasteiger partial charge in [0.25, 0.3) is 0 Å². The quantitative estimate of drug-likeness (QED) is 0.105. The molecule has 0 saturated heterocycles. The van der Waals surface area contributed by atoms with E-state index in [1.54, 1.807) is 18.2 Å². The van der Waals surface area contributed by atoms with E-state index < -0.39 is 9.85 Å². The molecule has 27 heavy (non-hydrogen) atoms. The molecule has 0 aromatic heterocycles. The minimum atomic E-state index is -0.499. The highest BCUT2D eigenvalue weighted by Gasteiger charge is 2.13. The van der Waals surface area contributed by atoms with Gasteiger partial charge in [0.15, 0.2) is 0 Å². The molecule has 0 aromatic rings. The summed E-state index contributed by atoms with van der Waals surface area (Å²) in [6.07, 6.45) is 16.5. The van der Waals surface area contributed by atoms with Gasteiger partial charge in [-0.1, -0.05) is 51.2 Å². The van der Waals surface area contributed by atoms with Crippen LogP contribution in [0.5, 0.6) is 0 Å². The molecule has 0 radical (unpaired) electrons. The molecule has 152 valence electrons. The number of hydrogen-bond acceptors (Lipinski definition) is 5. The van der Waals surface area contributed by atoms with Gasteiger partial charge < -0.3 is 4.79 Å². The van der Waals surface area contributed by atoms with Crippen molar-refractivity contribution >= 4 is 6.29 Å². The van der Waals surface area contributed by atoms with Crippen LogP contribution in [0.1, 0.15) is 84.0 Å². The Hall–Kier alpha value is -2.31. The monoisotopic (exact) mass is 380 g/mol. The van der Waals surface area contributed by atoms with Crippen LogP contribution >= 0.6 is 0 Å². The first-order chi connectivity index (χ1) is 13.0. The molecule has 0 saturated carbocycles. The van der Waals surface area contributed by atoms with Crippen molar-refractivity contribution in [1.29, 1.82) is 0 Å². The Morgan fingerprint density at radius 1 is 0.741 bits per heavy atom. The molecule has 0 atom stereocenters. The van der Waals surface area contributed by atoms with Crippen LogP contribution < -0.4 is 0 Å². The molecule has 0 amide bonds. The molecule has 0 aliphatic carbocycles. The van der Waals surface area contributed by atoms with Gasteiger partial charge >= 0.3 is 0 Å². The minimum absolute atomic E-state index is 0.0119. The largest absolute Gasteiger partial charge is 0.303 e. The highest BCUT2D eigenvalue weighted by Crippen LogP contribution is 2.14. The van der Waals surface area contributed by atoms with Crippen LogP contribution in [0.4, 0.5) is 0 Å². The van der Waals surface area contributed by atoms with E-state index >= 15 is 0 Å². The van der Waals surface area contributed by atoms with Gasteiger partial charge in [0.2, 0.25) is 11.4 Å². The van der Waals surface area contributed by atoms with E-state index in [9.17, 15) is 25.0 Å². The topological polar surface area (TPSA) is 103 Å². The predicted molar refractivity (Wildman–Crippen MR) is 106 cm³/mol. The summed E-state index contributed by atoms with van der Waals surface area (Å²) in [5.41, 5.74) is -0.0353. The molecular weight excluding hydrogens is 348 g/mol. The second kappa shape index (κ2) is 17.1. The third-order valence-electron chi connectivity index (χ3n) is 4.14. The number of carbonyl (C=O) groups excluding carboxylic acids is 1. The Balaban J connectivity index is 4.51. The summed E-state index contributed by atoms with van der Waals surface area (Å²) < 4.78 is 0. The normalized spacial score (nSPS) is 12.5. The predicted octanol–water partition coefficient (Wildman–Crippen LogP) is 5.76. The van der Waals surface area contributed by atoms with Crippen LogP contribution in [-0.2, 0) is 4.79 Å². The summed E-state index contributed by atoms with van der Waals surface area (Å²) >= 11 is 0. The molecular formula is C20H32N2O5. The molecule has 7 heteroatoms.